The minimum atomic E-state index is -0.696. The second-order valence-corrected chi connectivity index (χ2v) is 16.2. The van der Waals surface area contributed by atoms with Crippen molar-refractivity contribution in [1.29, 1.82) is 0 Å². The van der Waals surface area contributed by atoms with Crippen molar-refractivity contribution in [2.75, 3.05) is 39.6 Å². The number of benzene rings is 1. The molecule has 2 heterocycles. The molecule has 3 rings (SSSR count). The lowest BCUT2D eigenvalue weighted by molar-refractivity contribution is -0.371. The summed E-state index contributed by atoms with van der Waals surface area (Å²) in [5, 5.41) is 0. The molecule has 9 heteroatoms. The Morgan fingerprint density at radius 2 is 1.12 bits per heavy atom. The van der Waals surface area contributed by atoms with Crippen molar-refractivity contribution in [2.45, 2.75) is 225 Å². The molecule has 0 bridgehead atoms. The molecule has 0 radical (unpaired) electrons. The molecule has 2 N–H and O–H groups in total. The second kappa shape index (κ2) is 31.7. The highest BCUT2D eigenvalue weighted by atomic mass is 16.8. The number of hydrogen-bond donors (Lipinski definition) is 1. The van der Waals surface area contributed by atoms with Crippen molar-refractivity contribution in [3.63, 3.8) is 0 Å². The van der Waals surface area contributed by atoms with E-state index in [2.05, 4.69) is 34.6 Å². The van der Waals surface area contributed by atoms with Gasteiger partial charge in [0.15, 0.2) is 12.6 Å². The molecular formula is C47H85NO8. The van der Waals surface area contributed by atoms with Crippen molar-refractivity contribution in [2.24, 2.45) is 5.73 Å². The van der Waals surface area contributed by atoms with E-state index in [1.165, 1.54) is 70.6 Å². The van der Waals surface area contributed by atoms with Crippen LogP contribution in [-0.4, -0.2) is 88.6 Å². The smallest absolute Gasteiger partial charge is 0.187 e. The van der Waals surface area contributed by atoms with Gasteiger partial charge in [0.25, 0.3) is 0 Å². The molecule has 326 valence electrons. The number of ether oxygens (including phenoxy) is 8. The van der Waals surface area contributed by atoms with Gasteiger partial charge >= 0.3 is 0 Å². The quantitative estimate of drug-likeness (QED) is 0.0674. The van der Waals surface area contributed by atoms with Crippen LogP contribution < -0.4 is 5.73 Å². The first-order valence-electron chi connectivity index (χ1n) is 23.4. The zero-order chi connectivity index (χ0) is 40.1. The summed E-state index contributed by atoms with van der Waals surface area (Å²) in [5.74, 6) is 0. The van der Waals surface area contributed by atoms with Gasteiger partial charge in [0, 0.05) is 32.0 Å². The van der Waals surface area contributed by atoms with E-state index in [9.17, 15) is 0 Å². The van der Waals surface area contributed by atoms with Crippen LogP contribution >= 0.6 is 0 Å². The average Bonchev–Trinajstić information content (AvgIpc) is 3.22. The molecule has 0 aromatic heterocycles. The maximum absolute atomic E-state index is 7.07. The number of unbranched alkanes of at least 4 members (excludes halogenated alkanes) is 15. The summed E-state index contributed by atoms with van der Waals surface area (Å²) < 4.78 is 52.6. The van der Waals surface area contributed by atoms with Gasteiger partial charge in [-0.2, -0.15) is 0 Å². The molecule has 2 aliphatic rings. The van der Waals surface area contributed by atoms with Gasteiger partial charge in [-0.05, 0) is 32.1 Å². The third-order valence-electron chi connectivity index (χ3n) is 11.2. The van der Waals surface area contributed by atoms with E-state index in [0.717, 1.165) is 69.8 Å². The highest BCUT2D eigenvalue weighted by Crippen LogP contribution is 2.37. The van der Waals surface area contributed by atoms with E-state index >= 15 is 0 Å². The third kappa shape index (κ3) is 18.8. The fourth-order valence-corrected chi connectivity index (χ4v) is 7.63. The number of rotatable bonds is 35. The minimum Gasteiger partial charge on any atom is -0.375 e. The van der Waals surface area contributed by atoms with Crippen molar-refractivity contribution < 1.29 is 37.9 Å². The molecule has 56 heavy (non-hydrogen) atoms. The molecule has 0 spiro atoms. The lowest BCUT2D eigenvalue weighted by atomic mass is 9.96. The van der Waals surface area contributed by atoms with E-state index in [4.69, 9.17) is 43.6 Å². The average molecular weight is 792 g/mol. The van der Waals surface area contributed by atoms with Crippen LogP contribution in [0, 0.1) is 0 Å². The Hall–Kier alpha value is -1.14. The Morgan fingerprint density at radius 1 is 0.589 bits per heavy atom. The van der Waals surface area contributed by atoms with Crippen LogP contribution in [0.2, 0.25) is 0 Å². The molecule has 0 amide bonds. The van der Waals surface area contributed by atoms with Crippen LogP contribution in [0.15, 0.2) is 30.3 Å². The Bertz CT molecular complexity index is 1030. The van der Waals surface area contributed by atoms with E-state index in [1.807, 2.05) is 30.3 Å². The van der Waals surface area contributed by atoms with Crippen LogP contribution in [0.3, 0.4) is 0 Å². The van der Waals surface area contributed by atoms with Gasteiger partial charge in [0.1, 0.15) is 30.5 Å². The zero-order valence-electron chi connectivity index (χ0n) is 36.5. The highest BCUT2D eigenvalue weighted by Gasteiger charge is 2.52. The molecule has 2 fully saturated rings. The van der Waals surface area contributed by atoms with E-state index in [0.29, 0.717) is 33.0 Å². The lowest BCUT2D eigenvalue weighted by Gasteiger charge is -2.49. The maximum Gasteiger partial charge on any atom is 0.187 e. The predicted molar refractivity (Wildman–Crippen MR) is 227 cm³/mol. The molecule has 0 saturated carbocycles. The molecule has 3 unspecified atom stereocenters. The fraction of sp³-hybridized carbons (Fsp3) is 0.872. The minimum absolute atomic E-state index is 0.0893. The molecule has 2 aliphatic heterocycles. The summed E-state index contributed by atoms with van der Waals surface area (Å²) in [6.45, 7) is 14.2. The Balaban J connectivity index is 1.66. The van der Waals surface area contributed by atoms with Crippen LogP contribution in [0.1, 0.15) is 181 Å². The van der Waals surface area contributed by atoms with Gasteiger partial charge in [-0.1, -0.05) is 168 Å². The SMILES string of the molecule is CCCCCCCCCCCCCC[C@@H](OCCCC)[C@@H](OCCCC)[C@@H](N)CO[C@H]1OC2COC(c3ccccc3)O[C@@H]2[C@H](OCCCC)C1OCCCC. The van der Waals surface area contributed by atoms with Gasteiger partial charge in [-0.15, -0.1) is 0 Å². The van der Waals surface area contributed by atoms with E-state index in [1.54, 1.807) is 0 Å². The number of nitrogens with two attached hydrogens (primary N) is 1. The topological polar surface area (TPSA) is 99.9 Å². The van der Waals surface area contributed by atoms with Crippen molar-refractivity contribution in [1.82, 2.24) is 0 Å². The van der Waals surface area contributed by atoms with Crippen LogP contribution in [0.25, 0.3) is 0 Å². The number of hydrogen-bond acceptors (Lipinski definition) is 9. The summed E-state index contributed by atoms with van der Waals surface area (Å²) in [6.07, 6.45) is 21.7. The maximum atomic E-state index is 7.07. The third-order valence-corrected chi connectivity index (χ3v) is 11.2. The van der Waals surface area contributed by atoms with Crippen LogP contribution in [0.4, 0.5) is 0 Å². The molecule has 1 aromatic carbocycles. The first-order valence-corrected chi connectivity index (χ1v) is 23.4. The summed E-state index contributed by atoms with van der Waals surface area (Å²) in [4.78, 5) is 0. The molecule has 0 aliphatic carbocycles. The standard InChI is InChI=1S/C47H85NO8/c1-6-11-16-17-18-19-20-21-22-23-24-28-31-40(49-32-12-7-2)42(50-33-13-8-3)39(48)36-53-47-45(52-35-15-10-5)44(51-34-14-9-4)43-41(55-47)37-54-46(56-43)38-29-26-25-27-30-38/h25-27,29-30,39-47H,6-24,28,31-37,48H2,1-5H3/t39-,40+,41?,42-,43-,44-,45?,46?,47-/m0/s1. The van der Waals surface area contributed by atoms with Gasteiger partial charge in [-0.25, -0.2) is 0 Å². The first kappa shape index (κ1) is 49.2. The van der Waals surface area contributed by atoms with Crippen molar-refractivity contribution in [3.8, 4) is 0 Å². The van der Waals surface area contributed by atoms with Crippen LogP contribution in [0.5, 0.6) is 0 Å². The van der Waals surface area contributed by atoms with Gasteiger partial charge in [-0.3, -0.25) is 0 Å². The normalized spacial score (nSPS) is 24.2. The Morgan fingerprint density at radius 3 is 1.73 bits per heavy atom. The summed E-state index contributed by atoms with van der Waals surface area (Å²) in [5.41, 5.74) is 8.04. The molecule has 2 saturated heterocycles. The van der Waals surface area contributed by atoms with Gasteiger partial charge in [0.2, 0.25) is 0 Å². The van der Waals surface area contributed by atoms with E-state index < -0.39 is 24.7 Å². The Labute approximate surface area is 343 Å². The summed E-state index contributed by atoms with van der Waals surface area (Å²) >= 11 is 0. The lowest BCUT2D eigenvalue weighted by Crippen LogP contribution is -2.64. The monoisotopic (exact) mass is 792 g/mol. The molecule has 9 nitrogen and oxygen atoms in total. The van der Waals surface area contributed by atoms with Crippen molar-refractivity contribution in [3.05, 3.63) is 35.9 Å². The molecule has 1 aromatic rings. The first-order chi connectivity index (χ1) is 27.6. The Kier molecular flexibility index (Phi) is 27.9. The van der Waals surface area contributed by atoms with Crippen LogP contribution in [-0.2, 0) is 37.9 Å². The summed E-state index contributed by atoms with van der Waals surface area (Å²) in [6, 6.07) is 9.65. The van der Waals surface area contributed by atoms with Crippen molar-refractivity contribution >= 4 is 0 Å². The summed E-state index contributed by atoms with van der Waals surface area (Å²) in [7, 11) is 0. The molecule has 9 atom stereocenters. The van der Waals surface area contributed by atoms with Gasteiger partial charge < -0.3 is 43.6 Å². The number of fused-ring (bicyclic) bond motifs is 1. The molecular weight excluding hydrogens is 707 g/mol. The van der Waals surface area contributed by atoms with E-state index in [-0.39, 0.29) is 37.1 Å². The largest absolute Gasteiger partial charge is 0.375 e. The fourth-order valence-electron chi connectivity index (χ4n) is 7.63. The second-order valence-electron chi connectivity index (χ2n) is 16.2. The van der Waals surface area contributed by atoms with Gasteiger partial charge in [0.05, 0.1) is 25.4 Å². The highest BCUT2D eigenvalue weighted by molar-refractivity contribution is 5.16. The predicted octanol–water partition coefficient (Wildman–Crippen LogP) is 11.0. The zero-order valence-corrected chi connectivity index (χ0v) is 36.5.